The number of hydrogen-bond acceptors (Lipinski definition) is 4. The molecule has 0 unspecified atom stereocenters. The van der Waals surface area contributed by atoms with E-state index in [0.29, 0.717) is 19.0 Å². The zero-order chi connectivity index (χ0) is 16.9. The number of carbonyl (C=O) groups is 2. The highest BCUT2D eigenvalue weighted by Gasteiger charge is 2.28. The number of rotatable bonds is 5. The predicted octanol–water partition coefficient (Wildman–Crippen LogP) is 2.43. The summed E-state index contributed by atoms with van der Waals surface area (Å²) < 4.78 is 5.38. The maximum Gasteiger partial charge on any atom is 0.410 e. The molecular weight excluding hydrogens is 284 g/mol. The second-order valence-corrected chi connectivity index (χ2v) is 7.33. The first-order chi connectivity index (χ1) is 10.1. The Hall–Kier alpha value is -1.30. The van der Waals surface area contributed by atoms with Crippen LogP contribution in [0.4, 0.5) is 4.79 Å². The fourth-order valence-corrected chi connectivity index (χ4v) is 2.59. The van der Waals surface area contributed by atoms with Crippen molar-refractivity contribution in [1.29, 1.82) is 0 Å². The zero-order valence-corrected chi connectivity index (χ0v) is 14.5. The number of nitrogens with zero attached hydrogens (tertiary/aromatic N) is 2. The standard InChI is InChI=1S/C16H30N2O4/c1-12(2)18(11-14(19)20)10-13-6-8-17(9-7-13)15(21)22-16(3,4)5/h12-13H,6-11H2,1-5H3,(H,19,20). The van der Waals surface area contributed by atoms with E-state index in [2.05, 4.69) is 0 Å². The highest BCUT2D eigenvalue weighted by Crippen LogP contribution is 2.21. The van der Waals surface area contributed by atoms with Gasteiger partial charge in [-0.05, 0) is 53.4 Å². The van der Waals surface area contributed by atoms with Gasteiger partial charge in [0, 0.05) is 25.7 Å². The molecule has 128 valence electrons. The number of carboxylic acids is 1. The van der Waals surface area contributed by atoms with E-state index < -0.39 is 11.6 Å². The molecule has 1 aliphatic heterocycles. The summed E-state index contributed by atoms with van der Waals surface area (Å²) in [4.78, 5) is 26.7. The molecule has 22 heavy (non-hydrogen) atoms. The molecule has 6 nitrogen and oxygen atoms in total. The molecule has 0 aromatic carbocycles. The second-order valence-electron chi connectivity index (χ2n) is 7.33. The van der Waals surface area contributed by atoms with Crippen LogP contribution in [0.2, 0.25) is 0 Å². The van der Waals surface area contributed by atoms with E-state index in [-0.39, 0.29) is 18.7 Å². The average molecular weight is 314 g/mol. The van der Waals surface area contributed by atoms with Crippen LogP contribution in [0.3, 0.4) is 0 Å². The van der Waals surface area contributed by atoms with Crippen molar-refractivity contribution in [3.8, 4) is 0 Å². The molecule has 6 heteroatoms. The molecule has 1 N–H and O–H groups in total. The third kappa shape index (κ3) is 6.64. The summed E-state index contributed by atoms with van der Waals surface area (Å²) in [6, 6.07) is 0.208. The predicted molar refractivity (Wildman–Crippen MR) is 84.9 cm³/mol. The first-order valence-electron chi connectivity index (χ1n) is 8.02. The molecule has 0 aliphatic carbocycles. The fraction of sp³-hybridized carbons (Fsp3) is 0.875. The monoisotopic (exact) mass is 314 g/mol. The van der Waals surface area contributed by atoms with E-state index in [0.717, 1.165) is 19.4 Å². The van der Waals surface area contributed by atoms with Gasteiger partial charge in [-0.3, -0.25) is 9.69 Å². The van der Waals surface area contributed by atoms with Crippen LogP contribution in [0.25, 0.3) is 0 Å². The second kappa shape index (κ2) is 7.81. The van der Waals surface area contributed by atoms with Gasteiger partial charge < -0.3 is 14.7 Å². The molecule has 1 saturated heterocycles. The summed E-state index contributed by atoms with van der Waals surface area (Å²) in [5.74, 6) is -0.361. The number of ether oxygens (including phenoxy) is 1. The van der Waals surface area contributed by atoms with E-state index in [1.165, 1.54) is 0 Å². The van der Waals surface area contributed by atoms with Crippen LogP contribution in [0, 0.1) is 5.92 Å². The molecule has 0 aromatic rings. The summed E-state index contributed by atoms with van der Waals surface area (Å²) in [7, 11) is 0. The average Bonchev–Trinajstić information content (AvgIpc) is 2.36. The third-order valence-electron chi connectivity index (χ3n) is 3.83. The summed E-state index contributed by atoms with van der Waals surface area (Å²) in [5, 5.41) is 8.97. The van der Waals surface area contributed by atoms with Crippen molar-refractivity contribution in [3.05, 3.63) is 0 Å². The molecular formula is C16H30N2O4. The molecule has 1 amide bonds. The van der Waals surface area contributed by atoms with Crippen molar-refractivity contribution in [1.82, 2.24) is 9.80 Å². The first kappa shape index (κ1) is 18.7. The molecule has 1 fully saturated rings. The Bertz CT molecular complexity index is 382. The molecule has 0 radical (unpaired) electrons. The first-order valence-corrected chi connectivity index (χ1v) is 8.02. The number of likely N-dealkylation sites (tertiary alicyclic amines) is 1. The van der Waals surface area contributed by atoms with Crippen LogP contribution in [0.1, 0.15) is 47.5 Å². The van der Waals surface area contributed by atoms with E-state index in [9.17, 15) is 9.59 Å². The van der Waals surface area contributed by atoms with Gasteiger partial charge >= 0.3 is 12.1 Å². The summed E-state index contributed by atoms with van der Waals surface area (Å²) in [5.41, 5.74) is -0.468. The summed E-state index contributed by atoms with van der Waals surface area (Å²) >= 11 is 0. The van der Waals surface area contributed by atoms with E-state index in [1.807, 2.05) is 39.5 Å². The van der Waals surface area contributed by atoms with E-state index in [1.54, 1.807) is 4.90 Å². The largest absolute Gasteiger partial charge is 0.480 e. The lowest BCUT2D eigenvalue weighted by Gasteiger charge is -2.36. The smallest absolute Gasteiger partial charge is 0.410 e. The fourth-order valence-electron chi connectivity index (χ4n) is 2.59. The third-order valence-corrected chi connectivity index (χ3v) is 3.83. The number of amides is 1. The highest BCUT2D eigenvalue weighted by molar-refractivity contribution is 5.69. The molecule has 0 bridgehead atoms. The summed E-state index contributed by atoms with van der Waals surface area (Å²) in [6.07, 6.45) is 1.53. The maximum absolute atomic E-state index is 12.0. The summed E-state index contributed by atoms with van der Waals surface area (Å²) in [6.45, 7) is 11.8. The Morgan fingerprint density at radius 3 is 2.23 bits per heavy atom. The van der Waals surface area contributed by atoms with Crippen LogP contribution < -0.4 is 0 Å². The minimum atomic E-state index is -0.792. The van der Waals surface area contributed by atoms with Gasteiger partial charge in [0.05, 0.1) is 6.54 Å². The van der Waals surface area contributed by atoms with Gasteiger partial charge in [-0.25, -0.2) is 4.79 Å². The van der Waals surface area contributed by atoms with Crippen molar-refractivity contribution in [2.45, 2.75) is 59.1 Å². The van der Waals surface area contributed by atoms with Crippen LogP contribution in [-0.4, -0.2) is 64.8 Å². The lowest BCUT2D eigenvalue weighted by atomic mass is 9.96. The molecule has 0 atom stereocenters. The molecule has 0 spiro atoms. The SMILES string of the molecule is CC(C)N(CC(=O)O)CC1CCN(C(=O)OC(C)(C)C)CC1. The van der Waals surface area contributed by atoms with Gasteiger partial charge in [0.1, 0.15) is 5.60 Å². The molecule has 1 aliphatic rings. The molecule has 0 saturated carbocycles. The Morgan fingerprint density at radius 1 is 1.27 bits per heavy atom. The Morgan fingerprint density at radius 2 is 1.82 bits per heavy atom. The van der Waals surface area contributed by atoms with Gasteiger partial charge in [0.15, 0.2) is 0 Å². The van der Waals surface area contributed by atoms with Gasteiger partial charge in [-0.15, -0.1) is 0 Å². The van der Waals surface area contributed by atoms with Gasteiger partial charge in [0.2, 0.25) is 0 Å². The molecule has 0 aromatic heterocycles. The number of piperidine rings is 1. The van der Waals surface area contributed by atoms with Crippen molar-refractivity contribution in [2.24, 2.45) is 5.92 Å². The number of carbonyl (C=O) groups excluding carboxylic acids is 1. The van der Waals surface area contributed by atoms with Crippen molar-refractivity contribution < 1.29 is 19.4 Å². The minimum Gasteiger partial charge on any atom is -0.480 e. The lowest BCUT2D eigenvalue weighted by Crippen LogP contribution is -2.45. The lowest BCUT2D eigenvalue weighted by molar-refractivity contribution is -0.139. The van der Waals surface area contributed by atoms with Crippen LogP contribution in [-0.2, 0) is 9.53 Å². The Kier molecular flexibility index (Phi) is 6.66. The topological polar surface area (TPSA) is 70.1 Å². The minimum absolute atomic E-state index is 0.0734. The number of hydrogen-bond donors (Lipinski definition) is 1. The van der Waals surface area contributed by atoms with Crippen LogP contribution >= 0.6 is 0 Å². The quantitative estimate of drug-likeness (QED) is 0.844. The number of aliphatic carboxylic acids is 1. The number of carboxylic acid groups (broad SMARTS) is 1. The Labute approximate surface area is 133 Å². The van der Waals surface area contributed by atoms with Crippen LogP contribution in [0.15, 0.2) is 0 Å². The van der Waals surface area contributed by atoms with Crippen molar-refractivity contribution >= 4 is 12.1 Å². The van der Waals surface area contributed by atoms with Gasteiger partial charge in [-0.1, -0.05) is 0 Å². The molecule has 1 rings (SSSR count). The van der Waals surface area contributed by atoms with Gasteiger partial charge in [-0.2, -0.15) is 0 Å². The van der Waals surface area contributed by atoms with Crippen LogP contribution in [0.5, 0.6) is 0 Å². The van der Waals surface area contributed by atoms with Gasteiger partial charge in [0.25, 0.3) is 0 Å². The van der Waals surface area contributed by atoms with Crippen molar-refractivity contribution in [2.75, 3.05) is 26.2 Å². The highest BCUT2D eigenvalue weighted by atomic mass is 16.6. The molecule has 1 heterocycles. The maximum atomic E-state index is 12.0. The normalized spacial score (nSPS) is 17.1. The van der Waals surface area contributed by atoms with E-state index >= 15 is 0 Å². The Balaban J connectivity index is 2.44. The van der Waals surface area contributed by atoms with E-state index in [4.69, 9.17) is 9.84 Å². The van der Waals surface area contributed by atoms with Crippen molar-refractivity contribution in [3.63, 3.8) is 0 Å². The zero-order valence-electron chi connectivity index (χ0n) is 14.5.